The van der Waals surface area contributed by atoms with Gasteiger partial charge in [-0.25, -0.2) is 0 Å². The molecule has 15 heteroatoms. The lowest BCUT2D eigenvalue weighted by Gasteiger charge is -2.11. The fourth-order valence-corrected chi connectivity index (χ4v) is 5.44. The van der Waals surface area contributed by atoms with Crippen LogP contribution in [0.5, 0.6) is 11.5 Å². The summed E-state index contributed by atoms with van der Waals surface area (Å²) in [7, 11) is 0. The van der Waals surface area contributed by atoms with Crippen LogP contribution in [-0.4, -0.2) is 38.0 Å². The summed E-state index contributed by atoms with van der Waals surface area (Å²) in [6, 6.07) is 5.33. The first kappa shape index (κ1) is 37.2. The average molecular weight is 813 g/mol. The van der Waals surface area contributed by atoms with Gasteiger partial charge in [0.1, 0.15) is 11.5 Å². The Morgan fingerprint density at radius 2 is 1.19 bits per heavy atom. The third-order valence-electron chi connectivity index (χ3n) is 5.76. The van der Waals surface area contributed by atoms with Crippen LogP contribution >= 0.6 is 47.8 Å². The molecule has 0 saturated heterocycles. The van der Waals surface area contributed by atoms with Crippen LogP contribution in [0.15, 0.2) is 33.3 Å². The molecule has 1 N–H and O–H groups in total. The summed E-state index contributed by atoms with van der Waals surface area (Å²) in [5, 5.41) is 18.7. The summed E-state index contributed by atoms with van der Waals surface area (Å²) >= 11 is 9.86. The minimum atomic E-state index is -4.55. The molecule has 240 valence electrons. The molecule has 0 atom stereocenters. The van der Waals surface area contributed by atoms with E-state index in [1.54, 1.807) is 6.07 Å². The third-order valence-corrected chi connectivity index (χ3v) is 7.44. The maximum absolute atomic E-state index is 12.9. The Morgan fingerprint density at radius 3 is 1.63 bits per heavy atom. The lowest BCUT2D eigenvalue weighted by Crippen LogP contribution is -2.06. The lowest BCUT2D eigenvalue weighted by atomic mass is 10.0. The minimum Gasteiger partial charge on any atom is -0.508 e. The summed E-state index contributed by atoms with van der Waals surface area (Å²) in [5.74, 6) is 0.499. The SMILES string of the molecule is BrCCCBr.CCCc1c(O)ccc2c(C(F)(F)F)noc12.CCCc1c(OCCCBr)ccc2c(C(F)(F)F)noc12. The van der Waals surface area contributed by atoms with Gasteiger partial charge in [0.25, 0.3) is 0 Å². The maximum atomic E-state index is 12.9. The molecule has 43 heavy (non-hydrogen) atoms. The molecule has 6 nitrogen and oxygen atoms in total. The van der Waals surface area contributed by atoms with Gasteiger partial charge in [-0.2, -0.15) is 26.3 Å². The van der Waals surface area contributed by atoms with Gasteiger partial charge in [-0.1, -0.05) is 84.8 Å². The molecule has 0 aliphatic carbocycles. The van der Waals surface area contributed by atoms with E-state index in [1.165, 1.54) is 24.6 Å². The number of nitrogens with zero attached hydrogens (tertiary/aromatic N) is 2. The highest BCUT2D eigenvalue weighted by atomic mass is 79.9. The first-order chi connectivity index (χ1) is 20.3. The number of halogens is 9. The average Bonchev–Trinajstić information content (AvgIpc) is 3.58. The van der Waals surface area contributed by atoms with Gasteiger partial charge >= 0.3 is 12.4 Å². The van der Waals surface area contributed by atoms with Crippen molar-refractivity contribution < 1.29 is 45.2 Å². The molecule has 0 aliphatic heterocycles. The Balaban J connectivity index is 0.000000264. The zero-order chi connectivity index (χ0) is 32.2. The number of hydrogen-bond donors (Lipinski definition) is 1. The summed E-state index contributed by atoms with van der Waals surface area (Å²) in [6.45, 7) is 4.30. The van der Waals surface area contributed by atoms with Crippen LogP contribution in [0, 0.1) is 0 Å². The molecule has 4 rings (SSSR count). The van der Waals surface area contributed by atoms with Crippen LogP contribution in [0.25, 0.3) is 21.9 Å². The quantitative estimate of drug-likeness (QED) is 0.0976. The standard InChI is InChI=1S/C14H15BrF3NO2.C11H10F3NO2.C3H6Br2/c1-2-4-9-11(20-8-3-7-15)6-5-10-12(9)21-19-13(10)14(16,17)18;1-2-3-6-8(16)5-4-7-9(6)17-15-10(7)11(12,13)14;4-2-1-3-5/h5-6H,2-4,7-8H2,1H3;4-5,16H,2-3H2,1H3;1-3H2. The maximum Gasteiger partial charge on any atom is 0.437 e. The molecule has 0 fully saturated rings. The number of phenolic OH excluding ortho intramolecular Hbond substituents is 1. The van der Waals surface area contributed by atoms with Crippen LogP contribution in [-0.2, 0) is 25.2 Å². The normalized spacial score (nSPS) is 11.7. The molecule has 0 aliphatic rings. The second-order valence-electron chi connectivity index (χ2n) is 9.04. The number of aryl methyl sites for hydroxylation is 2. The Bertz CT molecular complexity index is 1420. The Morgan fingerprint density at radius 1 is 0.721 bits per heavy atom. The number of hydrogen-bond acceptors (Lipinski definition) is 6. The van der Waals surface area contributed by atoms with Crippen molar-refractivity contribution in [2.75, 3.05) is 22.6 Å². The molecule has 2 aromatic heterocycles. The van der Waals surface area contributed by atoms with Gasteiger partial charge < -0.3 is 18.9 Å². The Kier molecular flexibility index (Phi) is 15.1. The zero-order valence-corrected chi connectivity index (χ0v) is 28.1. The highest BCUT2D eigenvalue weighted by Gasteiger charge is 2.38. The van der Waals surface area contributed by atoms with Crippen LogP contribution < -0.4 is 4.74 Å². The van der Waals surface area contributed by atoms with Gasteiger partial charge in [0.2, 0.25) is 0 Å². The number of fused-ring (bicyclic) bond motifs is 2. The monoisotopic (exact) mass is 810 g/mol. The minimum absolute atomic E-state index is 0.0131. The van der Waals surface area contributed by atoms with Gasteiger partial charge in [-0.15, -0.1) is 0 Å². The fraction of sp³-hybridized carbons (Fsp3) is 0.500. The summed E-state index contributed by atoms with van der Waals surface area (Å²) in [5.41, 5.74) is -0.841. The van der Waals surface area contributed by atoms with Gasteiger partial charge in [0, 0.05) is 27.1 Å². The van der Waals surface area contributed by atoms with Gasteiger partial charge in [0.15, 0.2) is 22.6 Å². The third kappa shape index (κ3) is 10.3. The zero-order valence-electron chi connectivity index (χ0n) is 23.3. The number of rotatable bonds is 10. The molecular formula is C28H31Br3F6N2O4. The topological polar surface area (TPSA) is 81.5 Å². The van der Waals surface area contributed by atoms with E-state index < -0.39 is 23.7 Å². The molecule has 4 aromatic rings. The highest BCUT2D eigenvalue weighted by molar-refractivity contribution is 9.09. The fourth-order valence-electron chi connectivity index (χ4n) is 3.90. The predicted molar refractivity (Wildman–Crippen MR) is 164 cm³/mol. The molecule has 2 aromatic carbocycles. The van der Waals surface area contributed by atoms with Crippen LogP contribution in [0.1, 0.15) is 62.0 Å². The number of ether oxygens (including phenoxy) is 1. The second-order valence-corrected chi connectivity index (χ2v) is 11.4. The predicted octanol–water partition coefficient (Wildman–Crippen LogP) is 10.6. The number of aromatic nitrogens is 2. The van der Waals surface area contributed by atoms with E-state index in [0.29, 0.717) is 42.7 Å². The lowest BCUT2D eigenvalue weighted by molar-refractivity contribution is -0.142. The van der Waals surface area contributed by atoms with Crippen molar-refractivity contribution in [1.82, 2.24) is 10.3 Å². The van der Waals surface area contributed by atoms with Gasteiger partial charge in [-0.3, -0.25) is 0 Å². The highest BCUT2D eigenvalue weighted by Crippen LogP contribution is 2.39. The molecule has 0 radical (unpaired) electrons. The van der Waals surface area contributed by atoms with E-state index in [9.17, 15) is 31.4 Å². The van der Waals surface area contributed by atoms with E-state index in [4.69, 9.17) is 13.8 Å². The molecular weight excluding hydrogens is 782 g/mol. The van der Waals surface area contributed by atoms with E-state index in [1.807, 2.05) is 13.8 Å². The van der Waals surface area contributed by atoms with Crippen molar-refractivity contribution in [1.29, 1.82) is 0 Å². The second kappa shape index (κ2) is 17.5. The molecule has 0 unspecified atom stereocenters. The van der Waals surface area contributed by atoms with Gasteiger partial charge in [0.05, 0.1) is 17.4 Å². The smallest absolute Gasteiger partial charge is 0.437 e. The number of aromatic hydroxyl groups is 1. The number of phenols is 1. The van der Waals surface area contributed by atoms with Crippen LogP contribution in [0.4, 0.5) is 26.3 Å². The first-order valence-electron chi connectivity index (χ1n) is 13.3. The van der Waals surface area contributed by atoms with Crippen molar-refractivity contribution in [3.63, 3.8) is 0 Å². The van der Waals surface area contributed by atoms with E-state index in [0.717, 1.165) is 28.8 Å². The van der Waals surface area contributed by atoms with E-state index in [-0.39, 0.29) is 27.7 Å². The molecule has 0 bridgehead atoms. The molecule has 0 amide bonds. The number of benzene rings is 2. The molecule has 0 spiro atoms. The largest absolute Gasteiger partial charge is 0.508 e. The summed E-state index contributed by atoms with van der Waals surface area (Å²) in [4.78, 5) is 0. The van der Waals surface area contributed by atoms with Crippen molar-refractivity contribution in [3.05, 3.63) is 46.8 Å². The Labute approximate surface area is 269 Å². The van der Waals surface area contributed by atoms with Crippen molar-refractivity contribution in [2.24, 2.45) is 0 Å². The van der Waals surface area contributed by atoms with Gasteiger partial charge in [-0.05, 0) is 49.9 Å². The summed E-state index contributed by atoms with van der Waals surface area (Å²) < 4.78 is 91.6. The van der Waals surface area contributed by atoms with Crippen molar-refractivity contribution in [3.8, 4) is 11.5 Å². The van der Waals surface area contributed by atoms with E-state index in [2.05, 4.69) is 58.1 Å². The van der Waals surface area contributed by atoms with Crippen LogP contribution in [0.2, 0.25) is 0 Å². The summed E-state index contributed by atoms with van der Waals surface area (Å²) in [6.07, 6.45) is -4.56. The molecule has 2 heterocycles. The number of alkyl halides is 9. The molecule has 0 saturated carbocycles. The van der Waals surface area contributed by atoms with Crippen molar-refractivity contribution >= 4 is 69.7 Å². The van der Waals surface area contributed by atoms with Crippen molar-refractivity contribution in [2.45, 2.75) is 64.7 Å². The van der Waals surface area contributed by atoms with E-state index >= 15 is 0 Å². The van der Waals surface area contributed by atoms with Crippen LogP contribution in [0.3, 0.4) is 0 Å². The Hall–Kier alpha value is -2.00. The first-order valence-corrected chi connectivity index (χ1v) is 16.7.